The van der Waals surface area contributed by atoms with Crippen LogP contribution in [0.5, 0.6) is 5.75 Å². The Morgan fingerprint density at radius 1 is 1.06 bits per heavy atom. The first-order chi connectivity index (χ1) is 23.0. The van der Waals surface area contributed by atoms with E-state index in [0.29, 0.717) is 60.4 Å². The number of carbonyl (C=O) groups excluding carboxylic acids is 1. The third-order valence-corrected chi connectivity index (χ3v) is 9.63. The van der Waals surface area contributed by atoms with Crippen molar-refractivity contribution in [1.82, 2.24) is 24.6 Å². The largest absolute Gasteiger partial charge is 0.495 e. The Morgan fingerprint density at radius 2 is 1.83 bits per heavy atom. The summed E-state index contributed by atoms with van der Waals surface area (Å²) in [5.41, 5.74) is 1.45. The van der Waals surface area contributed by atoms with Gasteiger partial charge in [-0.3, -0.25) is 14.0 Å². The first-order valence-corrected chi connectivity index (χ1v) is 17.2. The van der Waals surface area contributed by atoms with E-state index in [1.807, 2.05) is 13.8 Å². The second-order valence-corrected chi connectivity index (χ2v) is 12.9. The van der Waals surface area contributed by atoms with Gasteiger partial charge in [-0.25, -0.2) is 4.98 Å². The molecule has 256 valence electrons. The number of benzene rings is 2. The summed E-state index contributed by atoms with van der Waals surface area (Å²) < 4.78 is 74.9. The number of anilines is 4. The number of rotatable bonds is 6. The van der Waals surface area contributed by atoms with Crippen molar-refractivity contribution in [2.24, 2.45) is 0 Å². The molecule has 0 radical (unpaired) electrons. The average Bonchev–Trinajstić information content (AvgIpc) is 3.53. The summed E-state index contributed by atoms with van der Waals surface area (Å²) in [6.07, 6.45) is -0.256. The van der Waals surface area contributed by atoms with Crippen LogP contribution in [0.4, 0.5) is 36.3 Å². The molecule has 0 aliphatic carbocycles. The lowest BCUT2D eigenvalue weighted by atomic mass is 10.0. The van der Waals surface area contributed by atoms with Gasteiger partial charge in [0.1, 0.15) is 17.1 Å². The van der Waals surface area contributed by atoms with Crippen molar-refractivity contribution in [2.75, 3.05) is 44.0 Å². The van der Waals surface area contributed by atoms with Gasteiger partial charge in [-0.05, 0) is 62.6 Å². The molecule has 8 bridgehead atoms. The predicted octanol–water partition coefficient (Wildman–Crippen LogP) is 7.49. The van der Waals surface area contributed by atoms with E-state index >= 15 is 0 Å². The number of hydrogen-bond acceptors (Lipinski definition) is 10. The lowest BCUT2D eigenvalue weighted by Gasteiger charge is -2.22. The van der Waals surface area contributed by atoms with Gasteiger partial charge in [0.2, 0.25) is 5.95 Å². The van der Waals surface area contributed by atoms with E-state index in [0.717, 1.165) is 0 Å². The highest BCUT2D eigenvalue weighted by molar-refractivity contribution is 7.53. The van der Waals surface area contributed by atoms with Crippen molar-refractivity contribution in [3.63, 3.8) is 0 Å². The van der Waals surface area contributed by atoms with Gasteiger partial charge in [-0.15, -0.1) is 0 Å². The molecule has 4 aliphatic rings. The van der Waals surface area contributed by atoms with Crippen LogP contribution in [0.25, 0.3) is 11.1 Å². The molecule has 4 aromatic rings. The zero-order valence-corrected chi connectivity index (χ0v) is 27.9. The molecule has 0 fully saturated rings. The molecule has 48 heavy (non-hydrogen) atoms. The predicted molar refractivity (Wildman–Crippen MR) is 175 cm³/mol. The summed E-state index contributed by atoms with van der Waals surface area (Å²) >= 11 is 0. The summed E-state index contributed by atoms with van der Waals surface area (Å²) in [6.45, 7) is 6.94. The van der Waals surface area contributed by atoms with Gasteiger partial charge in [0.25, 0.3) is 5.91 Å². The van der Waals surface area contributed by atoms with Gasteiger partial charge >= 0.3 is 13.8 Å². The Morgan fingerprint density at radius 3 is 2.54 bits per heavy atom. The monoisotopic (exact) mass is 687 g/mol. The van der Waals surface area contributed by atoms with Crippen LogP contribution in [0.2, 0.25) is 0 Å². The smallest absolute Gasteiger partial charge is 0.421 e. The van der Waals surface area contributed by atoms with Crippen LogP contribution in [0.1, 0.15) is 48.7 Å². The molecule has 4 aliphatic heterocycles. The molecule has 0 saturated heterocycles. The number of ether oxygens (including phenoxy) is 1. The zero-order chi connectivity index (χ0) is 34.5. The fraction of sp³-hybridized carbons (Fsp3) is 0.375. The fourth-order valence-electron chi connectivity index (χ4n) is 5.23. The minimum absolute atomic E-state index is 0.0294. The molecule has 1 amide bonds. The highest BCUT2D eigenvalue weighted by Gasteiger charge is 2.36. The molecule has 8 rings (SSSR count). The average molecular weight is 688 g/mol. The van der Waals surface area contributed by atoms with Gasteiger partial charge in [0, 0.05) is 37.6 Å². The zero-order valence-electron chi connectivity index (χ0n) is 27.0. The van der Waals surface area contributed by atoms with Crippen LogP contribution in [-0.4, -0.2) is 64.0 Å². The van der Waals surface area contributed by atoms with Gasteiger partial charge in [-0.1, -0.05) is 12.1 Å². The third-order valence-electron chi connectivity index (χ3n) is 7.65. The van der Waals surface area contributed by atoms with E-state index in [9.17, 15) is 22.5 Å². The Kier molecular flexibility index (Phi) is 10.7. The van der Waals surface area contributed by atoms with Crippen molar-refractivity contribution in [1.29, 1.82) is 0 Å². The van der Waals surface area contributed by atoms with E-state index in [1.54, 1.807) is 65.3 Å². The molecule has 0 saturated carbocycles. The maximum absolute atomic E-state index is 14.2. The van der Waals surface area contributed by atoms with E-state index in [4.69, 9.17) is 13.8 Å². The number of hydrogen-bond donors (Lipinski definition) is 2. The van der Waals surface area contributed by atoms with Gasteiger partial charge < -0.3 is 29.3 Å². The summed E-state index contributed by atoms with van der Waals surface area (Å²) in [6, 6.07) is 9.77. The molecule has 6 heterocycles. The van der Waals surface area contributed by atoms with E-state index in [2.05, 4.69) is 25.7 Å². The SMILES string of the molecule is CCO[P@@]1(=O)Cc2ccc(c(OC)c2)Nc2ncc(C(F)(F)F)c(n2)Nc2ccc(cc2C(=O)N(CC)CC)-c2cnn(c2)CCCO1. The molecular formula is C32H37F3N7O5P. The molecule has 0 unspecified atom stereocenters. The van der Waals surface area contributed by atoms with Gasteiger partial charge in [0.15, 0.2) is 0 Å². The molecule has 12 nitrogen and oxygen atoms in total. The molecule has 0 spiro atoms. The first-order valence-electron chi connectivity index (χ1n) is 15.5. The number of nitrogens with zero attached hydrogens (tertiary/aromatic N) is 5. The summed E-state index contributed by atoms with van der Waals surface area (Å²) in [5.74, 6) is -0.787. The van der Waals surface area contributed by atoms with Crippen LogP contribution in [-0.2, 0) is 32.5 Å². The van der Waals surface area contributed by atoms with Gasteiger partial charge in [0.05, 0.1) is 49.6 Å². The van der Waals surface area contributed by atoms with Gasteiger partial charge in [-0.2, -0.15) is 23.3 Å². The molecule has 16 heteroatoms. The molecule has 2 aromatic carbocycles. The normalized spacial score (nSPS) is 16.7. The van der Waals surface area contributed by atoms with Crippen molar-refractivity contribution < 1.29 is 36.3 Å². The minimum Gasteiger partial charge on any atom is -0.495 e. The number of nitrogens with one attached hydrogen (secondary N) is 2. The van der Waals surface area contributed by atoms with E-state index < -0.39 is 25.2 Å². The Labute approximate surface area is 276 Å². The lowest BCUT2D eigenvalue weighted by Crippen LogP contribution is -2.31. The summed E-state index contributed by atoms with van der Waals surface area (Å²) in [4.78, 5) is 23.4. The van der Waals surface area contributed by atoms with Crippen molar-refractivity contribution >= 4 is 36.6 Å². The highest BCUT2D eigenvalue weighted by atomic mass is 31.2. The standard InChI is InChI=1S/C32H37F3N7O5P/c1-5-41(6-2)30(43)24-16-22-10-12-26(24)38-29-25(32(33,34)35)18-36-31(40-29)39-27-11-9-21(15-28(27)45-4)20-48(44,46-7-3)47-14-8-13-42-19-23(22)17-37-42/h9-12,15-19H,5-8,13-14,20H2,1-4H3,(H2,36,38,39,40)/t48-/m0/s1. The first kappa shape index (κ1) is 34.9. The topological polar surface area (TPSA) is 133 Å². The number of aromatic nitrogens is 4. The quantitative estimate of drug-likeness (QED) is 0.197. The van der Waals surface area contributed by atoms with E-state index in [1.165, 1.54) is 7.11 Å². The van der Waals surface area contributed by atoms with Crippen LogP contribution in [0.15, 0.2) is 55.0 Å². The Bertz CT molecular complexity index is 1810. The van der Waals surface area contributed by atoms with Crippen LogP contribution >= 0.6 is 7.60 Å². The molecule has 2 N–H and O–H groups in total. The van der Waals surface area contributed by atoms with Crippen LogP contribution in [0, 0.1) is 0 Å². The van der Waals surface area contributed by atoms with E-state index in [-0.39, 0.29) is 42.5 Å². The van der Waals surface area contributed by atoms with Crippen LogP contribution in [0.3, 0.4) is 0 Å². The maximum atomic E-state index is 14.2. The highest BCUT2D eigenvalue weighted by Crippen LogP contribution is 2.52. The second kappa shape index (κ2) is 14.8. The lowest BCUT2D eigenvalue weighted by molar-refractivity contribution is -0.137. The Hall–Kier alpha value is -4.46. The number of alkyl halides is 3. The minimum atomic E-state index is -4.81. The number of aryl methyl sites for hydroxylation is 1. The number of amides is 1. The molecular weight excluding hydrogens is 650 g/mol. The second-order valence-electron chi connectivity index (χ2n) is 10.8. The fourth-order valence-corrected chi connectivity index (χ4v) is 6.94. The molecule has 2 aromatic heterocycles. The van der Waals surface area contributed by atoms with Crippen molar-refractivity contribution in [3.05, 3.63) is 71.7 Å². The maximum Gasteiger partial charge on any atom is 0.421 e. The Balaban J connectivity index is 1.64. The number of carbonyl (C=O) groups is 1. The van der Waals surface area contributed by atoms with Crippen molar-refractivity contribution in [2.45, 2.75) is 46.1 Å². The summed E-state index contributed by atoms with van der Waals surface area (Å²) in [7, 11) is -2.13. The number of methoxy groups -OCH3 is 1. The molecule has 1 atom stereocenters. The third kappa shape index (κ3) is 7.97. The van der Waals surface area contributed by atoms with Crippen LogP contribution < -0.4 is 15.4 Å². The summed E-state index contributed by atoms with van der Waals surface area (Å²) in [5, 5.41) is 10.1. The van der Waals surface area contributed by atoms with Crippen molar-refractivity contribution in [3.8, 4) is 16.9 Å². The number of halogens is 3.